The molecule has 2 aliphatic heterocycles. The third-order valence-electron chi connectivity index (χ3n) is 5.81. The molecule has 2 aromatic carbocycles. The molecular formula is C23H27N3O2S. The summed E-state index contributed by atoms with van der Waals surface area (Å²) in [6, 6.07) is 13.3. The zero-order valence-corrected chi connectivity index (χ0v) is 17.8. The van der Waals surface area contributed by atoms with Crippen molar-refractivity contribution in [2.75, 3.05) is 29.6 Å². The first-order chi connectivity index (χ1) is 14.1. The van der Waals surface area contributed by atoms with Gasteiger partial charge in [0, 0.05) is 29.2 Å². The minimum atomic E-state index is -0.155. The van der Waals surface area contributed by atoms with Gasteiger partial charge in [0.05, 0.1) is 11.3 Å². The molecule has 0 radical (unpaired) electrons. The number of nitrogens with zero attached hydrogens (tertiary/aromatic N) is 2. The Hall–Kier alpha value is -2.47. The second-order valence-electron chi connectivity index (χ2n) is 7.53. The van der Waals surface area contributed by atoms with Gasteiger partial charge in [-0.2, -0.15) is 0 Å². The lowest BCUT2D eigenvalue weighted by atomic mass is 10.0. The van der Waals surface area contributed by atoms with E-state index in [-0.39, 0.29) is 18.0 Å². The molecule has 4 rings (SSSR count). The number of amides is 2. The van der Waals surface area contributed by atoms with Crippen LogP contribution in [0.4, 0.5) is 11.4 Å². The van der Waals surface area contributed by atoms with Crippen LogP contribution >= 0.6 is 11.8 Å². The van der Waals surface area contributed by atoms with Crippen LogP contribution in [0.15, 0.2) is 47.4 Å². The first-order valence-corrected chi connectivity index (χ1v) is 11.5. The third kappa shape index (κ3) is 3.86. The number of rotatable bonds is 4. The maximum atomic E-state index is 13.1. The van der Waals surface area contributed by atoms with Crippen LogP contribution in [0.3, 0.4) is 0 Å². The van der Waals surface area contributed by atoms with Crippen LogP contribution < -0.4 is 10.2 Å². The molecule has 0 spiro atoms. The summed E-state index contributed by atoms with van der Waals surface area (Å²) in [5, 5.41) is 2.98. The van der Waals surface area contributed by atoms with E-state index in [0.29, 0.717) is 11.1 Å². The highest BCUT2D eigenvalue weighted by Crippen LogP contribution is 2.35. The van der Waals surface area contributed by atoms with E-state index in [0.717, 1.165) is 55.0 Å². The fourth-order valence-corrected chi connectivity index (χ4v) is 4.80. The van der Waals surface area contributed by atoms with Gasteiger partial charge in [-0.15, -0.1) is 11.8 Å². The molecular weight excluding hydrogens is 382 g/mol. The van der Waals surface area contributed by atoms with Gasteiger partial charge in [0.25, 0.3) is 11.8 Å². The minimum absolute atomic E-state index is 0.0937. The van der Waals surface area contributed by atoms with Gasteiger partial charge in [0.15, 0.2) is 0 Å². The van der Waals surface area contributed by atoms with Crippen LogP contribution in [0.25, 0.3) is 0 Å². The first kappa shape index (κ1) is 19.8. The maximum absolute atomic E-state index is 13.1. The number of hydrogen-bond donors (Lipinski definition) is 1. The zero-order chi connectivity index (χ0) is 20.4. The Bertz CT molecular complexity index is 930. The number of carbonyl (C=O) groups excluding carboxylic acids is 2. The van der Waals surface area contributed by atoms with Crippen LogP contribution in [0, 0.1) is 0 Å². The molecule has 0 aliphatic carbocycles. The summed E-state index contributed by atoms with van der Waals surface area (Å²) in [6.07, 6.45) is 6.45. The Balaban J connectivity index is 1.64. The van der Waals surface area contributed by atoms with Crippen molar-refractivity contribution < 1.29 is 9.59 Å². The highest BCUT2D eigenvalue weighted by molar-refractivity contribution is 7.98. The zero-order valence-electron chi connectivity index (χ0n) is 17.0. The Labute approximate surface area is 176 Å². The van der Waals surface area contributed by atoms with Gasteiger partial charge in [0.2, 0.25) is 0 Å². The molecule has 2 aliphatic rings. The number of thioether (sulfide) groups is 1. The summed E-state index contributed by atoms with van der Waals surface area (Å²) < 4.78 is 0. The molecule has 1 N–H and O–H groups in total. The van der Waals surface area contributed by atoms with Crippen molar-refractivity contribution in [3.05, 3.63) is 53.6 Å². The Morgan fingerprint density at radius 3 is 2.83 bits per heavy atom. The molecule has 2 aromatic rings. The number of benzene rings is 2. The van der Waals surface area contributed by atoms with Gasteiger partial charge in [-0.05, 0) is 68.8 Å². The number of fused-ring (bicyclic) bond motifs is 2. The van der Waals surface area contributed by atoms with Gasteiger partial charge in [-0.3, -0.25) is 9.59 Å². The molecule has 1 saturated heterocycles. The molecule has 0 saturated carbocycles. The van der Waals surface area contributed by atoms with Gasteiger partial charge in [0.1, 0.15) is 6.17 Å². The smallest absolute Gasteiger partial charge is 0.257 e. The molecule has 152 valence electrons. The summed E-state index contributed by atoms with van der Waals surface area (Å²) >= 11 is 1.64. The van der Waals surface area contributed by atoms with Crippen molar-refractivity contribution in [2.24, 2.45) is 0 Å². The van der Waals surface area contributed by atoms with E-state index in [1.165, 1.54) is 0 Å². The normalized spacial score (nSPS) is 18.7. The standard InChI is InChI=1S/C23H27N3O2S/c1-3-25-20-14-16(22(27)24-17-8-7-9-18(15-17)29-2)11-12-19(20)23(28)26-13-6-4-5-10-21(25)26/h7-9,11-12,14-15,21H,3-6,10,13H2,1-2H3,(H,24,27)/t21-/m0/s1. The lowest BCUT2D eigenvalue weighted by Gasteiger charge is -2.44. The van der Waals surface area contributed by atoms with Crippen molar-refractivity contribution in [3.8, 4) is 0 Å². The largest absolute Gasteiger partial charge is 0.351 e. The average Bonchev–Trinajstić information content (AvgIpc) is 3.00. The lowest BCUT2D eigenvalue weighted by Crippen LogP contribution is -2.55. The van der Waals surface area contributed by atoms with Crippen LogP contribution in [0.2, 0.25) is 0 Å². The van der Waals surface area contributed by atoms with Crippen LogP contribution in [0.1, 0.15) is 53.3 Å². The monoisotopic (exact) mass is 409 g/mol. The molecule has 5 nitrogen and oxygen atoms in total. The Morgan fingerprint density at radius 2 is 2.03 bits per heavy atom. The van der Waals surface area contributed by atoms with Crippen LogP contribution in [-0.2, 0) is 0 Å². The fraction of sp³-hybridized carbons (Fsp3) is 0.391. The SMILES string of the molecule is CCN1c2cc(C(=O)Nc3cccc(SC)c3)ccc2C(=O)N2CCCCC[C@H]21. The molecule has 6 heteroatoms. The van der Waals surface area contributed by atoms with Gasteiger partial charge in [-0.1, -0.05) is 12.5 Å². The van der Waals surface area contributed by atoms with E-state index in [4.69, 9.17) is 0 Å². The molecule has 0 bridgehead atoms. The Morgan fingerprint density at radius 1 is 1.17 bits per heavy atom. The quantitative estimate of drug-likeness (QED) is 0.734. The number of nitrogens with one attached hydrogen (secondary N) is 1. The second kappa shape index (κ2) is 8.49. The number of anilines is 2. The minimum Gasteiger partial charge on any atom is -0.351 e. The highest BCUT2D eigenvalue weighted by atomic mass is 32.2. The van der Waals surface area contributed by atoms with E-state index in [9.17, 15) is 9.59 Å². The summed E-state index contributed by atoms with van der Waals surface area (Å²) in [5.74, 6) is -0.0610. The fourth-order valence-electron chi connectivity index (χ4n) is 4.34. The van der Waals surface area contributed by atoms with E-state index in [1.54, 1.807) is 17.8 Å². The van der Waals surface area contributed by atoms with Crippen molar-refractivity contribution >= 4 is 35.0 Å². The maximum Gasteiger partial charge on any atom is 0.257 e. The van der Waals surface area contributed by atoms with Crippen LogP contribution in [0.5, 0.6) is 0 Å². The molecule has 2 amide bonds. The predicted molar refractivity (Wildman–Crippen MR) is 119 cm³/mol. The number of hydrogen-bond acceptors (Lipinski definition) is 4. The third-order valence-corrected chi connectivity index (χ3v) is 6.54. The predicted octanol–water partition coefficient (Wildman–Crippen LogP) is 4.84. The second-order valence-corrected chi connectivity index (χ2v) is 8.41. The van der Waals surface area contributed by atoms with Crippen LogP contribution in [-0.4, -0.2) is 42.2 Å². The summed E-state index contributed by atoms with van der Waals surface area (Å²) in [7, 11) is 0. The first-order valence-electron chi connectivity index (χ1n) is 10.3. The molecule has 1 fully saturated rings. The molecule has 2 heterocycles. The molecule has 29 heavy (non-hydrogen) atoms. The van der Waals surface area contributed by atoms with E-state index in [1.807, 2.05) is 47.6 Å². The van der Waals surface area contributed by atoms with Crippen molar-refractivity contribution in [1.29, 1.82) is 0 Å². The number of carbonyl (C=O) groups is 2. The summed E-state index contributed by atoms with van der Waals surface area (Å²) in [5.41, 5.74) is 2.93. The van der Waals surface area contributed by atoms with E-state index < -0.39 is 0 Å². The van der Waals surface area contributed by atoms with Gasteiger partial charge >= 0.3 is 0 Å². The van der Waals surface area contributed by atoms with Crippen molar-refractivity contribution in [1.82, 2.24) is 4.90 Å². The van der Waals surface area contributed by atoms with E-state index in [2.05, 4.69) is 17.1 Å². The average molecular weight is 410 g/mol. The van der Waals surface area contributed by atoms with Crippen molar-refractivity contribution in [2.45, 2.75) is 43.7 Å². The van der Waals surface area contributed by atoms with Gasteiger partial charge in [-0.25, -0.2) is 0 Å². The topological polar surface area (TPSA) is 52.7 Å². The summed E-state index contributed by atoms with van der Waals surface area (Å²) in [4.78, 5) is 31.4. The molecule has 0 aromatic heterocycles. The molecule has 0 unspecified atom stereocenters. The van der Waals surface area contributed by atoms with Crippen molar-refractivity contribution in [3.63, 3.8) is 0 Å². The lowest BCUT2D eigenvalue weighted by molar-refractivity contribution is 0.0656. The van der Waals surface area contributed by atoms with Gasteiger partial charge < -0.3 is 15.1 Å². The summed E-state index contributed by atoms with van der Waals surface area (Å²) in [6.45, 7) is 3.74. The Kier molecular flexibility index (Phi) is 5.81. The highest BCUT2D eigenvalue weighted by Gasteiger charge is 2.37. The van der Waals surface area contributed by atoms with E-state index >= 15 is 0 Å². The molecule has 1 atom stereocenters.